The van der Waals surface area contributed by atoms with Crippen LogP contribution in [-0.4, -0.2) is 98.9 Å². The van der Waals surface area contributed by atoms with Crippen LogP contribution in [-0.2, 0) is 0 Å². The Balaban J connectivity index is 0.889. The van der Waals surface area contributed by atoms with E-state index in [1.807, 2.05) is 54.7 Å². The highest BCUT2D eigenvalue weighted by Gasteiger charge is 2.17. The van der Waals surface area contributed by atoms with Crippen LogP contribution >= 0.6 is 0 Å². The molecule has 7 rings (SSSR count). The Hall–Kier alpha value is -5.14. The first-order valence-electron chi connectivity index (χ1n) is 18.2. The molecule has 2 fully saturated rings. The van der Waals surface area contributed by atoms with Gasteiger partial charge in [0.05, 0.1) is 11.9 Å². The van der Waals surface area contributed by atoms with Crippen molar-refractivity contribution in [2.45, 2.75) is 51.4 Å². The van der Waals surface area contributed by atoms with Gasteiger partial charge >= 0.3 is 0 Å². The second kappa shape index (κ2) is 16.7. The van der Waals surface area contributed by atoms with E-state index in [-0.39, 0.29) is 23.2 Å². The van der Waals surface area contributed by atoms with E-state index in [4.69, 9.17) is 8.83 Å². The Bertz CT molecular complexity index is 1730. The van der Waals surface area contributed by atoms with Gasteiger partial charge in [0.25, 0.3) is 11.8 Å². The van der Waals surface area contributed by atoms with Gasteiger partial charge in [0.15, 0.2) is 11.4 Å². The number of oxazole rings is 2. The molecule has 5 aromatic rings. The molecule has 13 nitrogen and oxygen atoms in total. The topological polar surface area (TPSA) is 147 Å². The van der Waals surface area contributed by atoms with Gasteiger partial charge in [-0.15, -0.1) is 5.10 Å². The zero-order valence-electron chi connectivity index (χ0n) is 28.9. The number of hydrogen-bond acceptors (Lipinski definition) is 10. The Morgan fingerprint density at radius 3 is 1.61 bits per heavy atom. The SMILES string of the molecule is O=C(NCCCN1CCCCC1)c1coc(-c2ccc(-c3cn(-c4ccc(-c5nc(C(=O)NCCCN6CCCCC6)co5)cc4)nn3)cc2)n1. The minimum absolute atomic E-state index is 0.230. The van der Waals surface area contributed by atoms with Gasteiger partial charge in [0.2, 0.25) is 11.8 Å². The third-order valence-corrected chi connectivity index (χ3v) is 9.54. The predicted octanol–water partition coefficient (Wildman–Crippen LogP) is 5.46. The number of benzene rings is 2. The predicted molar refractivity (Wildman–Crippen MR) is 192 cm³/mol. The molecular weight excluding hydrogens is 646 g/mol. The Morgan fingerprint density at radius 2 is 1.10 bits per heavy atom. The summed E-state index contributed by atoms with van der Waals surface area (Å²) in [5.41, 5.74) is 4.42. The maximum atomic E-state index is 12.6. The third-order valence-electron chi connectivity index (χ3n) is 9.54. The second-order valence-corrected chi connectivity index (χ2v) is 13.3. The lowest BCUT2D eigenvalue weighted by Crippen LogP contribution is -2.33. The van der Waals surface area contributed by atoms with Crippen molar-refractivity contribution in [1.29, 1.82) is 0 Å². The number of aromatic nitrogens is 5. The van der Waals surface area contributed by atoms with Crippen molar-refractivity contribution in [1.82, 2.24) is 45.4 Å². The fourth-order valence-corrected chi connectivity index (χ4v) is 6.64. The Kier molecular flexibility index (Phi) is 11.2. The van der Waals surface area contributed by atoms with Crippen molar-refractivity contribution < 1.29 is 18.4 Å². The summed E-state index contributed by atoms with van der Waals surface area (Å²) >= 11 is 0. The van der Waals surface area contributed by atoms with Crippen LogP contribution in [0.2, 0.25) is 0 Å². The van der Waals surface area contributed by atoms with Crippen molar-refractivity contribution >= 4 is 11.8 Å². The van der Waals surface area contributed by atoms with Gasteiger partial charge in [-0.1, -0.05) is 30.2 Å². The first-order chi connectivity index (χ1) is 25.1. The van der Waals surface area contributed by atoms with Crippen LogP contribution in [0.25, 0.3) is 39.9 Å². The Morgan fingerprint density at radius 1 is 0.627 bits per heavy atom. The molecule has 0 saturated carbocycles. The number of hydrogen-bond donors (Lipinski definition) is 2. The van der Waals surface area contributed by atoms with Crippen molar-refractivity contribution in [2.24, 2.45) is 0 Å². The molecule has 0 atom stereocenters. The number of carbonyl (C=O) groups is 2. The van der Waals surface area contributed by atoms with Gasteiger partial charge in [-0.05, 0) is 114 Å². The van der Waals surface area contributed by atoms with Crippen LogP contribution < -0.4 is 10.6 Å². The number of likely N-dealkylation sites (tertiary alicyclic amines) is 2. The molecule has 266 valence electrons. The molecule has 0 bridgehead atoms. The molecule has 3 aromatic heterocycles. The number of nitrogens with zero attached hydrogens (tertiary/aromatic N) is 7. The zero-order valence-corrected chi connectivity index (χ0v) is 28.9. The van der Waals surface area contributed by atoms with Crippen molar-refractivity contribution in [2.75, 3.05) is 52.4 Å². The van der Waals surface area contributed by atoms with Crippen LogP contribution in [0.4, 0.5) is 0 Å². The van der Waals surface area contributed by atoms with Crippen LogP contribution in [0.3, 0.4) is 0 Å². The maximum absolute atomic E-state index is 12.6. The van der Waals surface area contributed by atoms with E-state index < -0.39 is 0 Å². The molecule has 2 aliphatic heterocycles. The zero-order chi connectivity index (χ0) is 34.8. The molecule has 2 N–H and O–H groups in total. The minimum atomic E-state index is -0.231. The summed E-state index contributed by atoms with van der Waals surface area (Å²) in [4.78, 5) is 39.0. The van der Waals surface area contributed by atoms with Crippen LogP contribution in [0.15, 0.2) is 76.1 Å². The number of rotatable bonds is 14. The molecule has 0 radical (unpaired) electrons. The molecule has 2 aliphatic rings. The molecule has 2 aromatic carbocycles. The van der Waals surface area contributed by atoms with Crippen LogP contribution in [0, 0.1) is 0 Å². The van der Waals surface area contributed by atoms with Gasteiger partial charge in [-0.25, -0.2) is 14.6 Å². The van der Waals surface area contributed by atoms with E-state index in [9.17, 15) is 9.59 Å². The average molecular weight is 692 g/mol. The smallest absolute Gasteiger partial charge is 0.273 e. The fraction of sp³-hybridized carbons (Fsp3) is 0.421. The lowest BCUT2D eigenvalue weighted by Gasteiger charge is -2.26. The first kappa shape index (κ1) is 34.3. The summed E-state index contributed by atoms with van der Waals surface area (Å²) < 4.78 is 12.9. The normalized spacial score (nSPS) is 15.5. The number of carbonyl (C=O) groups excluding carboxylic acids is 2. The van der Waals surface area contributed by atoms with Gasteiger partial charge in [0.1, 0.15) is 18.2 Å². The van der Waals surface area contributed by atoms with Crippen molar-refractivity contribution in [3.63, 3.8) is 0 Å². The van der Waals surface area contributed by atoms with E-state index in [0.29, 0.717) is 30.6 Å². The summed E-state index contributed by atoms with van der Waals surface area (Å²) in [5, 5.41) is 14.6. The summed E-state index contributed by atoms with van der Waals surface area (Å²) in [7, 11) is 0. The summed E-state index contributed by atoms with van der Waals surface area (Å²) in [6.45, 7) is 7.84. The lowest BCUT2D eigenvalue weighted by molar-refractivity contribution is 0.0938. The average Bonchev–Trinajstić information content (AvgIpc) is 3.98. The van der Waals surface area contributed by atoms with Gasteiger partial charge in [0, 0.05) is 29.8 Å². The fourth-order valence-electron chi connectivity index (χ4n) is 6.64. The molecule has 13 heteroatoms. The molecule has 0 unspecified atom stereocenters. The van der Waals surface area contributed by atoms with Gasteiger partial charge in [-0.3, -0.25) is 9.59 Å². The van der Waals surface area contributed by atoms with E-state index >= 15 is 0 Å². The highest BCUT2D eigenvalue weighted by molar-refractivity contribution is 5.92. The molecule has 0 aliphatic carbocycles. The van der Waals surface area contributed by atoms with E-state index in [1.54, 1.807) is 4.68 Å². The van der Waals surface area contributed by atoms with Crippen LogP contribution in [0.1, 0.15) is 72.3 Å². The van der Waals surface area contributed by atoms with E-state index in [1.165, 1.54) is 51.1 Å². The number of piperidine rings is 2. The van der Waals surface area contributed by atoms with E-state index in [2.05, 4.69) is 40.7 Å². The highest BCUT2D eigenvalue weighted by Crippen LogP contribution is 2.25. The number of amides is 2. The van der Waals surface area contributed by atoms with E-state index in [0.717, 1.165) is 74.5 Å². The first-order valence-corrected chi connectivity index (χ1v) is 18.2. The van der Waals surface area contributed by atoms with Crippen molar-refractivity contribution in [3.05, 3.63) is 78.6 Å². The second-order valence-electron chi connectivity index (χ2n) is 13.3. The highest BCUT2D eigenvalue weighted by atomic mass is 16.3. The summed E-state index contributed by atoms with van der Waals surface area (Å²) in [6, 6.07) is 15.1. The number of nitrogens with one attached hydrogen (secondary N) is 2. The van der Waals surface area contributed by atoms with Crippen LogP contribution in [0.5, 0.6) is 0 Å². The van der Waals surface area contributed by atoms with Gasteiger partial charge in [-0.2, -0.15) is 0 Å². The third kappa shape index (κ3) is 8.97. The molecule has 2 saturated heterocycles. The summed E-state index contributed by atoms with van der Waals surface area (Å²) in [6.07, 6.45) is 14.2. The lowest BCUT2D eigenvalue weighted by atomic mass is 10.1. The standard InChI is InChI=1S/C38H45N9O4/c48-35(39-17-7-23-45-19-3-1-4-20-45)33-26-50-37(41-33)29-11-9-28(10-12-29)32-25-47(44-43-32)31-15-13-30(14-16-31)38-42-34(27-51-38)36(49)40-18-8-24-46-21-5-2-6-22-46/h9-16,25-27H,1-8,17-24H2,(H,39,48)(H,40,49). The Labute approximate surface area is 297 Å². The molecular formula is C38H45N9O4. The molecule has 51 heavy (non-hydrogen) atoms. The van der Waals surface area contributed by atoms with Crippen molar-refractivity contribution in [3.8, 4) is 39.9 Å². The summed E-state index contributed by atoms with van der Waals surface area (Å²) in [5.74, 6) is 0.295. The molecule has 5 heterocycles. The quantitative estimate of drug-likeness (QED) is 0.144. The monoisotopic (exact) mass is 691 g/mol. The minimum Gasteiger partial charge on any atom is -0.444 e. The largest absolute Gasteiger partial charge is 0.444 e. The molecule has 0 spiro atoms. The molecule has 2 amide bonds. The maximum Gasteiger partial charge on any atom is 0.273 e. The van der Waals surface area contributed by atoms with Gasteiger partial charge < -0.3 is 29.3 Å².